The highest BCUT2D eigenvalue weighted by Gasteiger charge is 2.22. The second-order valence-corrected chi connectivity index (χ2v) is 7.50. The lowest BCUT2D eigenvalue weighted by molar-refractivity contribution is -0.124. The van der Waals surface area contributed by atoms with Crippen molar-refractivity contribution in [1.82, 2.24) is 5.32 Å². The van der Waals surface area contributed by atoms with E-state index in [4.69, 9.17) is 4.74 Å². The fourth-order valence-corrected chi connectivity index (χ4v) is 2.98. The number of ether oxygens (including phenoxy) is 1. The third-order valence-corrected chi connectivity index (χ3v) is 4.55. The molecule has 1 fully saturated rings. The number of carbonyl (C=O) groups excluding carboxylic acids is 1. The zero-order valence-electron chi connectivity index (χ0n) is 14.3. The molecule has 3 heteroatoms. The Labute approximate surface area is 134 Å². The second kappa shape index (κ2) is 7.17. The van der Waals surface area contributed by atoms with E-state index in [0.29, 0.717) is 12.0 Å². The minimum absolute atomic E-state index is 0.0151. The molecule has 0 heterocycles. The summed E-state index contributed by atoms with van der Waals surface area (Å²) in [5.74, 6) is 1.31. The zero-order valence-corrected chi connectivity index (χ0v) is 14.3. The molecule has 3 nitrogen and oxygen atoms in total. The number of hydrogen-bond donors (Lipinski definition) is 1. The molecule has 1 aromatic rings. The lowest BCUT2D eigenvalue weighted by Gasteiger charge is -2.29. The maximum absolute atomic E-state index is 12.0. The SMILES string of the molecule is C[C@H]1CCCC[C@H]1NC(=O)COc1ccc(C(C)(C)C)cc1. The van der Waals surface area contributed by atoms with Gasteiger partial charge in [-0.2, -0.15) is 0 Å². The average molecular weight is 303 g/mol. The Morgan fingerprint density at radius 1 is 1.18 bits per heavy atom. The highest BCUT2D eigenvalue weighted by Crippen LogP contribution is 2.25. The Morgan fingerprint density at radius 2 is 1.82 bits per heavy atom. The van der Waals surface area contributed by atoms with Gasteiger partial charge in [0.2, 0.25) is 0 Å². The van der Waals surface area contributed by atoms with E-state index in [1.165, 1.54) is 24.8 Å². The van der Waals surface area contributed by atoms with Gasteiger partial charge in [0.25, 0.3) is 5.91 Å². The molecule has 0 unspecified atom stereocenters. The zero-order chi connectivity index (χ0) is 16.2. The summed E-state index contributed by atoms with van der Waals surface area (Å²) in [4.78, 5) is 12.0. The maximum Gasteiger partial charge on any atom is 0.258 e. The lowest BCUT2D eigenvalue weighted by Crippen LogP contribution is -2.43. The Balaban J connectivity index is 1.81. The first-order valence-electron chi connectivity index (χ1n) is 8.39. The number of carbonyl (C=O) groups is 1. The van der Waals surface area contributed by atoms with E-state index in [9.17, 15) is 4.79 Å². The Hall–Kier alpha value is -1.51. The van der Waals surface area contributed by atoms with Crippen molar-refractivity contribution in [3.05, 3.63) is 29.8 Å². The van der Waals surface area contributed by atoms with Crippen molar-refractivity contribution in [2.24, 2.45) is 5.92 Å². The van der Waals surface area contributed by atoms with Gasteiger partial charge < -0.3 is 10.1 Å². The van der Waals surface area contributed by atoms with Crippen molar-refractivity contribution >= 4 is 5.91 Å². The number of amides is 1. The van der Waals surface area contributed by atoms with E-state index >= 15 is 0 Å². The van der Waals surface area contributed by atoms with Crippen LogP contribution < -0.4 is 10.1 Å². The van der Waals surface area contributed by atoms with Gasteiger partial charge in [-0.15, -0.1) is 0 Å². The summed E-state index contributed by atoms with van der Waals surface area (Å²) in [6.45, 7) is 8.86. The number of benzene rings is 1. The molecular formula is C19H29NO2. The molecule has 1 N–H and O–H groups in total. The van der Waals surface area contributed by atoms with Gasteiger partial charge in [-0.1, -0.05) is 52.7 Å². The van der Waals surface area contributed by atoms with Crippen molar-refractivity contribution in [3.63, 3.8) is 0 Å². The highest BCUT2D eigenvalue weighted by atomic mass is 16.5. The summed E-state index contributed by atoms with van der Waals surface area (Å²) in [6.07, 6.45) is 4.79. The first-order chi connectivity index (χ1) is 10.4. The van der Waals surface area contributed by atoms with Crippen LogP contribution in [0.2, 0.25) is 0 Å². The molecule has 1 aromatic carbocycles. The molecule has 1 aliphatic carbocycles. The fraction of sp³-hybridized carbons (Fsp3) is 0.632. The third kappa shape index (κ3) is 4.75. The number of hydrogen-bond acceptors (Lipinski definition) is 2. The van der Waals surface area contributed by atoms with E-state index in [-0.39, 0.29) is 17.9 Å². The van der Waals surface area contributed by atoms with Gasteiger partial charge in [0.1, 0.15) is 5.75 Å². The van der Waals surface area contributed by atoms with Crippen LogP contribution >= 0.6 is 0 Å². The molecule has 122 valence electrons. The first-order valence-corrected chi connectivity index (χ1v) is 8.39. The van der Waals surface area contributed by atoms with Crippen LogP contribution in [-0.2, 0) is 10.2 Å². The minimum atomic E-state index is -0.0151. The van der Waals surface area contributed by atoms with E-state index in [2.05, 4.69) is 45.1 Å². The predicted octanol–water partition coefficient (Wildman–Crippen LogP) is 4.06. The lowest BCUT2D eigenvalue weighted by atomic mass is 9.86. The van der Waals surface area contributed by atoms with Crippen LogP contribution in [0.4, 0.5) is 0 Å². The van der Waals surface area contributed by atoms with Gasteiger partial charge in [-0.05, 0) is 41.9 Å². The minimum Gasteiger partial charge on any atom is -0.484 e. The van der Waals surface area contributed by atoms with Crippen molar-refractivity contribution in [2.75, 3.05) is 6.61 Å². The van der Waals surface area contributed by atoms with Crippen LogP contribution in [0.1, 0.15) is 58.9 Å². The first kappa shape index (κ1) is 16.9. The predicted molar refractivity (Wildman–Crippen MR) is 90.2 cm³/mol. The second-order valence-electron chi connectivity index (χ2n) is 7.50. The number of nitrogens with one attached hydrogen (secondary N) is 1. The highest BCUT2D eigenvalue weighted by molar-refractivity contribution is 5.77. The van der Waals surface area contributed by atoms with Gasteiger partial charge in [0.05, 0.1) is 0 Å². The third-order valence-electron chi connectivity index (χ3n) is 4.55. The molecule has 0 radical (unpaired) electrons. The molecule has 0 spiro atoms. The van der Waals surface area contributed by atoms with Gasteiger partial charge >= 0.3 is 0 Å². The molecule has 0 aromatic heterocycles. The van der Waals surface area contributed by atoms with Crippen LogP contribution in [-0.4, -0.2) is 18.6 Å². The normalized spacial score (nSPS) is 22.2. The summed E-state index contributed by atoms with van der Waals surface area (Å²) in [5, 5.41) is 3.11. The summed E-state index contributed by atoms with van der Waals surface area (Å²) < 4.78 is 5.60. The summed E-state index contributed by atoms with van der Waals surface area (Å²) in [6, 6.07) is 8.33. The molecule has 22 heavy (non-hydrogen) atoms. The molecule has 1 aliphatic rings. The summed E-state index contributed by atoms with van der Waals surface area (Å²) >= 11 is 0. The Kier molecular flexibility index (Phi) is 5.49. The van der Waals surface area contributed by atoms with Crippen LogP contribution in [0.25, 0.3) is 0 Å². The van der Waals surface area contributed by atoms with E-state index in [1.54, 1.807) is 0 Å². The fourth-order valence-electron chi connectivity index (χ4n) is 2.98. The van der Waals surface area contributed by atoms with E-state index < -0.39 is 0 Å². The summed E-state index contributed by atoms with van der Waals surface area (Å²) in [7, 11) is 0. The largest absolute Gasteiger partial charge is 0.484 e. The molecule has 1 saturated carbocycles. The molecule has 2 atom stereocenters. The number of rotatable bonds is 4. The molecule has 0 saturated heterocycles. The van der Waals surface area contributed by atoms with Gasteiger partial charge in [-0.25, -0.2) is 0 Å². The maximum atomic E-state index is 12.0. The van der Waals surface area contributed by atoms with Gasteiger partial charge in [0.15, 0.2) is 6.61 Å². The molecule has 2 rings (SSSR count). The van der Waals surface area contributed by atoms with Gasteiger partial charge in [0, 0.05) is 6.04 Å². The Morgan fingerprint density at radius 3 is 2.41 bits per heavy atom. The van der Waals surface area contributed by atoms with Crippen LogP contribution in [0, 0.1) is 5.92 Å². The van der Waals surface area contributed by atoms with E-state index in [0.717, 1.165) is 12.2 Å². The van der Waals surface area contributed by atoms with Crippen molar-refractivity contribution in [2.45, 2.75) is 64.8 Å². The van der Waals surface area contributed by atoms with Gasteiger partial charge in [-0.3, -0.25) is 4.79 Å². The smallest absolute Gasteiger partial charge is 0.258 e. The van der Waals surface area contributed by atoms with Crippen LogP contribution in [0.15, 0.2) is 24.3 Å². The summed E-state index contributed by atoms with van der Waals surface area (Å²) in [5.41, 5.74) is 1.40. The quantitative estimate of drug-likeness (QED) is 0.911. The molecule has 1 amide bonds. The molecular weight excluding hydrogens is 274 g/mol. The van der Waals surface area contributed by atoms with E-state index in [1.807, 2.05) is 12.1 Å². The van der Waals surface area contributed by atoms with Crippen LogP contribution in [0.5, 0.6) is 5.75 Å². The van der Waals surface area contributed by atoms with Crippen molar-refractivity contribution in [1.29, 1.82) is 0 Å². The van der Waals surface area contributed by atoms with Crippen LogP contribution in [0.3, 0.4) is 0 Å². The Bertz CT molecular complexity index is 487. The molecule has 0 aliphatic heterocycles. The topological polar surface area (TPSA) is 38.3 Å². The standard InChI is InChI=1S/C19H29NO2/c1-14-7-5-6-8-17(14)20-18(21)13-22-16-11-9-15(10-12-16)19(2,3)4/h9-12,14,17H,5-8,13H2,1-4H3,(H,20,21)/t14-,17+/m0/s1. The monoisotopic (exact) mass is 303 g/mol. The van der Waals surface area contributed by atoms with Crippen molar-refractivity contribution < 1.29 is 9.53 Å². The molecule has 0 bridgehead atoms. The van der Waals surface area contributed by atoms with Crippen molar-refractivity contribution in [3.8, 4) is 5.75 Å². The average Bonchev–Trinajstić information content (AvgIpc) is 2.47.